The summed E-state index contributed by atoms with van der Waals surface area (Å²) < 4.78 is 0. The third kappa shape index (κ3) is 6.25. The van der Waals surface area contributed by atoms with Crippen molar-refractivity contribution >= 4 is 11.9 Å². The van der Waals surface area contributed by atoms with Crippen molar-refractivity contribution in [1.29, 1.82) is 0 Å². The van der Waals surface area contributed by atoms with Crippen LogP contribution < -0.4 is 10.9 Å². The molecule has 0 bridgehead atoms. The Morgan fingerprint density at radius 3 is 2.71 bits per heavy atom. The fourth-order valence-corrected chi connectivity index (χ4v) is 2.25. The highest BCUT2D eigenvalue weighted by atomic mass is 16.4. The Morgan fingerprint density at radius 2 is 2.10 bits per heavy atom. The number of pyridine rings is 1. The number of nitrogens with one attached hydrogen (secondary N) is 2. The molecule has 0 aromatic carbocycles. The molecule has 21 heavy (non-hydrogen) atoms. The molecule has 0 fully saturated rings. The summed E-state index contributed by atoms with van der Waals surface area (Å²) in [6.07, 6.45) is 4.88. The number of H-pyrrole nitrogens is 1. The molecule has 116 valence electrons. The van der Waals surface area contributed by atoms with Crippen LogP contribution in [0.25, 0.3) is 0 Å². The summed E-state index contributed by atoms with van der Waals surface area (Å²) in [5.41, 5.74) is -0.318. The van der Waals surface area contributed by atoms with Crippen LogP contribution in [-0.4, -0.2) is 28.5 Å². The van der Waals surface area contributed by atoms with E-state index in [1.54, 1.807) is 6.07 Å². The number of rotatable bonds is 9. The van der Waals surface area contributed by atoms with E-state index in [9.17, 15) is 14.4 Å². The van der Waals surface area contributed by atoms with Gasteiger partial charge >= 0.3 is 5.97 Å². The monoisotopic (exact) mass is 294 g/mol. The zero-order valence-corrected chi connectivity index (χ0v) is 12.2. The number of aromatic amines is 1. The van der Waals surface area contributed by atoms with Crippen LogP contribution in [0.15, 0.2) is 23.1 Å². The molecule has 0 aliphatic carbocycles. The predicted molar refractivity (Wildman–Crippen MR) is 79.3 cm³/mol. The second kappa shape index (κ2) is 8.94. The maximum atomic E-state index is 11.8. The maximum Gasteiger partial charge on any atom is 0.303 e. The van der Waals surface area contributed by atoms with Gasteiger partial charge in [-0.1, -0.05) is 19.8 Å². The smallest absolute Gasteiger partial charge is 0.303 e. The molecule has 0 aliphatic heterocycles. The van der Waals surface area contributed by atoms with Crippen molar-refractivity contribution in [3.05, 3.63) is 34.2 Å². The third-order valence-corrected chi connectivity index (χ3v) is 3.36. The lowest BCUT2D eigenvalue weighted by Crippen LogP contribution is -2.30. The molecular formula is C15H22N2O4. The number of hydrogen-bond acceptors (Lipinski definition) is 3. The summed E-state index contributed by atoms with van der Waals surface area (Å²) >= 11 is 0. The molecule has 0 saturated heterocycles. The molecule has 6 nitrogen and oxygen atoms in total. The number of aromatic nitrogens is 1. The van der Waals surface area contributed by atoms with E-state index < -0.39 is 17.4 Å². The summed E-state index contributed by atoms with van der Waals surface area (Å²) in [6.45, 7) is 2.49. The van der Waals surface area contributed by atoms with Gasteiger partial charge in [0.2, 0.25) is 0 Å². The Labute approximate surface area is 123 Å². The van der Waals surface area contributed by atoms with Crippen LogP contribution in [0, 0.1) is 5.92 Å². The highest BCUT2D eigenvalue weighted by Crippen LogP contribution is 2.17. The fraction of sp³-hybridized carbons (Fsp3) is 0.533. The molecule has 1 unspecified atom stereocenters. The molecule has 0 spiro atoms. The Kier molecular flexibility index (Phi) is 7.21. The van der Waals surface area contributed by atoms with Crippen LogP contribution in [0.1, 0.15) is 49.4 Å². The number of amides is 1. The normalized spacial score (nSPS) is 11.9. The van der Waals surface area contributed by atoms with Crippen molar-refractivity contribution in [2.24, 2.45) is 5.92 Å². The van der Waals surface area contributed by atoms with E-state index in [1.165, 1.54) is 12.3 Å². The molecule has 1 aromatic heterocycles. The molecule has 0 saturated carbocycles. The van der Waals surface area contributed by atoms with E-state index in [-0.39, 0.29) is 17.9 Å². The zero-order chi connectivity index (χ0) is 15.7. The molecular weight excluding hydrogens is 272 g/mol. The van der Waals surface area contributed by atoms with Crippen molar-refractivity contribution in [2.45, 2.75) is 39.0 Å². The molecule has 1 atom stereocenters. The lowest BCUT2D eigenvalue weighted by molar-refractivity contribution is -0.137. The average Bonchev–Trinajstić information content (AvgIpc) is 2.45. The Balaban J connectivity index is 2.42. The number of carboxylic acids is 1. The van der Waals surface area contributed by atoms with Gasteiger partial charge in [-0.3, -0.25) is 14.4 Å². The minimum absolute atomic E-state index is 0.0927. The van der Waals surface area contributed by atoms with E-state index in [0.717, 1.165) is 19.3 Å². The molecule has 1 heterocycles. The first kappa shape index (κ1) is 16.9. The average molecular weight is 294 g/mol. The quantitative estimate of drug-likeness (QED) is 0.646. The van der Waals surface area contributed by atoms with Crippen molar-refractivity contribution in [2.75, 3.05) is 6.54 Å². The summed E-state index contributed by atoms with van der Waals surface area (Å²) in [7, 11) is 0. The number of carbonyl (C=O) groups is 2. The van der Waals surface area contributed by atoms with Gasteiger partial charge in [0, 0.05) is 19.2 Å². The van der Waals surface area contributed by atoms with E-state index in [0.29, 0.717) is 13.0 Å². The van der Waals surface area contributed by atoms with Crippen LogP contribution >= 0.6 is 0 Å². The van der Waals surface area contributed by atoms with Gasteiger partial charge in [0.1, 0.15) is 5.56 Å². The van der Waals surface area contributed by atoms with Gasteiger partial charge in [-0.05, 0) is 30.9 Å². The van der Waals surface area contributed by atoms with Gasteiger partial charge in [-0.2, -0.15) is 0 Å². The molecule has 1 aromatic rings. The van der Waals surface area contributed by atoms with Gasteiger partial charge in [0.15, 0.2) is 0 Å². The van der Waals surface area contributed by atoms with Gasteiger partial charge in [-0.25, -0.2) is 0 Å². The first-order chi connectivity index (χ1) is 10.0. The second-order valence-corrected chi connectivity index (χ2v) is 5.04. The number of carbonyl (C=O) groups excluding carboxylic acids is 1. The maximum absolute atomic E-state index is 11.8. The van der Waals surface area contributed by atoms with E-state index in [4.69, 9.17) is 5.11 Å². The second-order valence-electron chi connectivity index (χ2n) is 5.04. The first-order valence-electron chi connectivity index (χ1n) is 7.22. The topological polar surface area (TPSA) is 99.3 Å². The number of hydrogen-bond donors (Lipinski definition) is 3. The van der Waals surface area contributed by atoms with Crippen LogP contribution in [0.4, 0.5) is 0 Å². The van der Waals surface area contributed by atoms with E-state index in [2.05, 4.69) is 17.2 Å². The van der Waals surface area contributed by atoms with E-state index in [1.807, 2.05) is 0 Å². The largest absolute Gasteiger partial charge is 0.481 e. The molecule has 3 N–H and O–H groups in total. The lowest BCUT2D eigenvalue weighted by atomic mass is 9.94. The van der Waals surface area contributed by atoms with E-state index >= 15 is 0 Å². The van der Waals surface area contributed by atoms with Gasteiger partial charge in [-0.15, -0.1) is 0 Å². The van der Waals surface area contributed by atoms with Gasteiger partial charge in [0.25, 0.3) is 11.5 Å². The van der Waals surface area contributed by atoms with Crippen molar-refractivity contribution in [1.82, 2.24) is 10.3 Å². The highest BCUT2D eigenvalue weighted by molar-refractivity contribution is 5.93. The Hall–Kier alpha value is -2.11. The first-order valence-corrected chi connectivity index (χ1v) is 7.22. The van der Waals surface area contributed by atoms with Crippen molar-refractivity contribution in [3.8, 4) is 0 Å². The molecule has 1 amide bonds. The Bertz CT molecular complexity index is 524. The number of carboxylic acid groups (broad SMARTS) is 1. The molecule has 1 rings (SSSR count). The van der Waals surface area contributed by atoms with Crippen molar-refractivity contribution < 1.29 is 14.7 Å². The van der Waals surface area contributed by atoms with Crippen molar-refractivity contribution in [3.63, 3.8) is 0 Å². The summed E-state index contributed by atoms with van der Waals surface area (Å²) in [4.78, 5) is 36.4. The fourth-order valence-electron chi connectivity index (χ4n) is 2.25. The summed E-state index contributed by atoms with van der Waals surface area (Å²) in [5.74, 6) is -0.915. The minimum Gasteiger partial charge on any atom is -0.481 e. The highest BCUT2D eigenvalue weighted by Gasteiger charge is 2.12. The lowest BCUT2D eigenvalue weighted by Gasteiger charge is -2.15. The zero-order valence-electron chi connectivity index (χ0n) is 12.2. The van der Waals surface area contributed by atoms with Gasteiger partial charge in [0.05, 0.1) is 0 Å². The summed E-state index contributed by atoms with van der Waals surface area (Å²) in [5, 5.41) is 11.4. The standard InChI is InChI=1S/C15H22N2O4/c1-2-4-11(6-7-13(18)19)8-10-17-15(21)12-5-3-9-16-14(12)20/h3,5,9,11H,2,4,6-8,10H2,1H3,(H,16,20)(H,17,21)(H,18,19). The molecule has 0 aliphatic rings. The van der Waals surface area contributed by atoms with Crippen LogP contribution in [-0.2, 0) is 4.79 Å². The minimum atomic E-state index is -0.795. The number of aliphatic carboxylic acids is 1. The molecule has 6 heteroatoms. The Morgan fingerprint density at radius 1 is 1.33 bits per heavy atom. The molecule has 0 radical (unpaired) electrons. The van der Waals surface area contributed by atoms with Crippen LogP contribution in [0.3, 0.4) is 0 Å². The predicted octanol–water partition coefficient (Wildman–Crippen LogP) is 1.78. The summed E-state index contributed by atoms with van der Waals surface area (Å²) in [6, 6.07) is 3.07. The van der Waals surface area contributed by atoms with Gasteiger partial charge < -0.3 is 15.4 Å². The van der Waals surface area contributed by atoms with Crippen LogP contribution in [0.5, 0.6) is 0 Å². The SMILES string of the molecule is CCCC(CCNC(=O)c1ccc[nH]c1=O)CCC(=O)O. The third-order valence-electron chi connectivity index (χ3n) is 3.36. The van der Waals surface area contributed by atoms with Crippen LogP contribution in [0.2, 0.25) is 0 Å².